The number of aromatic nitrogens is 2. The molecule has 0 spiro atoms. The van der Waals surface area contributed by atoms with Gasteiger partial charge in [0.25, 0.3) is 0 Å². The molecule has 3 rings (SSSR count). The van der Waals surface area contributed by atoms with E-state index in [1.54, 1.807) is 23.1 Å². The summed E-state index contributed by atoms with van der Waals surface area (Å²) < 4.78 is 2.15. The van der Waals surface area contributed by atoms with E-state index < -0.39 is 0 Å². The number of benzene rings is 1. The van der Waals surface area contributed by atoms with Gasteiger partial charge in [0.2, 0.25) is 0 Å². The molecular formula is C14H15N3S2. The van der Waals surface area contributed by atoms with Crippen LogP contribution in [0.25, 0.3) is 4.96 Å². The second-order valence-electron chi connectivity index (χ2n) is 4.37. The molecule has 0 aliphatic rings. The fraction of sp³-hybridized carbons (Fsp3) is 0.214. The van der Waals surface area contributed by atoms with Crippen LogP contribution in [0.1, 0.15) is 11.3 Å². The molecule has 3 aromatic rings. The van der Waals surface area contributed by atoms with Gasteiger partial charge >= 0.3 is 0 Å². The Balaban J connectivity index is 1.97. The predicted molar refractivity (Wildman–Crippen MR) is 81.1 cm³/mol. The van der Waals surface area contributed by atoms with Crippen LogP contribution in [-0.4, -0.2) is 15.9 Å². The summed E-state index contributed by atoms with van der Waals surface area (Å²) in [4.78, 5) is 6.95. The molecule has 1 aromatic carbocycles. The van der Waals surface area contributed by atoms with Crippen molar-refractivity contribution in [2.24, 2.45) is 5.73 Å². The summed E-state index contributed by atoms with van der Waals surface area (Å²) in [5.74, 6) is 0. The van der Waals surface area contributed by atoms with Crippen LogP contribution in [0.3, 0.4) is 0 Å². The predicted octanol–water partition coefficient (Wildman–Crippen LogP) is 3.36. The lowest BCUT2D eigenvalue weighted by molar-refractivity contribution is 0.879. The van der Waals surface area contributed by atoms with Crippen molar-refractivity contribution in [3.63, 3.8) is 0 Å². The van der Waals surface area contributed by atoms with E-state index >= 15 is 0 Å². The van der Waals surface area contributed by atoms with E-state index in [9.17, 15) is 0 Å². The Kier molecular flexibility index (Phi) is 3.59. The van der Waals surface area contributed by atoms with Crippen LogP contribution in [0, 0.1) is 6.92 Å². The number of imidazole rings is 1. The maximum Gasteiger partial charge on any atom is 0.194 e. The summed E-state index contributed by atoms with van der Waals surface area (Å²) in [5.41, 5.74) is 8.20. The lowest BCUT2D eigenvalue weighted by Crippen LogP contribution is -2.05. The minimum Gasteiger partial charge on any atom is -0.330 e. The van der Waals surface area contributed by atoms with Crippen LogP contribution in [0.4, 0.5) is 0 Å². The van der Waals surface area contributed by atoms with Crippen molar-refractivity contribution < 1.29 is 0 Å². The van der Waals surface area contributed by atoms with Crippen LogP contribution in [0.15, 0.2) is 45.8 Å². The zero-order valence-corrected chi connectivity index (χ0v) is 12.3. The minimum atomic E-state index is 0.644. The van der Waals surface area contributed by atoms with Crippen molar-refractivity contribution in [3.8, 4) is 0 Å². The second kappa shape index (κ2) is 5.36. The maximum atomic E-state index is 5.71. The summed E-state index contributed by atoms with van der Waals surface area (Å²) >= 11 is 3.37. The molecule has 5 heteroatoms. The smallest absolute Gasteiger partial charge is 0.194 e. The van der Waals surface area contributed by atoms with Gasteiger partial charge in [0.1, 0.15) is 5.03 Å². The molecule has 0 aliphatic carbocycles. The Morgan fingerprint density at radius 3 is 2.84 bits per heavy atom. The number of aryl methyl sites for hydroxylation is 1. The molecule has 0 amide bonds. The van der Waals surface area contributed by atoms with Crippen molar-refractivity contribution in [3.05, 3.63) is 47.1 Å². The third-order valence-corrected chi connectivity index (χ3v) is 4.73. The zero-order chi connectivity index (χ0) is 13.2. The van der Waals surface area contributed by atoms with Crippen LogP contribution in [-0.2, 0) is 6.42 Å². The first kappa shape index (κ1) is 12.7. The standard InChI is InChI=1S/C14H15N3S2/c1-10-2-4-11(5-3-10)19-13-12(6-7-15)17-8-9-18-14(17)16-13/h2-5,8-9H,6-7,15H2,1H3. The number of thiazole rings is 1. The maximum absolute atomic E-state index is 5.71. The normalized spacial score (nSPS) is 11.3. The highest BCUT2D eigenvalue weighted by Crippen LogP contribution is 2.32. The first-order chi connectivity index (χ1) is 9.28. The number of hydrogen-bond acceptors (Lipinski definition) is 4. The summed E-state index contributed by atoms with van der Waals surface area (Å²) in [6.45, 7) is 2.74. The average Bonchev–Trinajstić information content (AvgIpc) is 2.96. The molecule has 2 aromatic heterocycles. The Morgan fingerprint density at radius 2 is 2.11 bits per heavy atom. The molecule has 19 heavy (non-hydrogen) atoms. The van der Waals surface area contributed by atoms with Gasteiger partial charge < -0.3 is 5.73 Å². The zero-order valence-electron chi connectivity index (χ0n) is 10.7. The molecular weight excluding hydrogens is 274 g/mol. The first-order valence-electron chi connectivity index (χ1n) is 6.17. The molecule has 0 unspecified atom stereocenters. The fourth-order valence-corrected chi connectivity index (χ4v) is 3.71. The van der Waals surface area contributed by atoms with Crippen LogP contribution in [0.2, 0.25) is 0 Å². The Bertz CT molecular complexity index is 682. The van der Waals surface area contributed by atoms with Crippen molar-refractivity contribution in [1.29, 1.82) is 0 Å². The van der Waals surface area contributed by atoms with Crippen LogP contribution < -0.4 is 5.73 Å². The molecule has 0 radical (unpaired) electrons. The Morgan fingerprint density at radius 1 is 1.32 bits per heavy atom. The largest absolute Gasteiger partial charge is 0.330 e. The van der Waals surface area contributed by atoms with E-state index in [2.05, 4.69) is 47.2 Å². The van der Waals surface area contributed by atoms with Gasteiger partial charge in [0, 0.05) is 22.9 Å². The Hall–Kier alpha value is -1.30. The fourth-order valence-electron chi connectivity index (χ4n) is 1.98. The van der Waals surface area contributed by atoms with Gasteiger partial charge in [-0.2, -0.15) is 0 Å². The quantitative estimate of drug-likeness (QED) is 0.801. The number of rotatable bonds is 4. The van der Waals surface area contributed by atoms with Crippen molar-refractivity contribution in [2.75, 3.05) is 6.54 Å². The van der Waals surface area contributed by atoms with Gasteiger partial charge in [-0.3, -0.25) is 4.40 Å². The van der Waals surface area contributed by atoms with Gasteiger partial charge in [-0.15, -0.1) is 11.3 Å². The van der Waals surface area contributed by atoms with E-state index in [-0.39, 0.29) is 0 Å². The molecule has 98 valence electrons. The molecule has 2 heterocycles. The molecule has 2 N–H and O–H groups in total. The molecule has 0 bridgehead atoms. The lowest BCUT2D eigenvalue weighted by Gasteiger charge is -2.03. The van der Waals surface area contributed by atoms with Crippen molar-refractivity contribution >= 4 is 28.1 Å². The SMILES string of the molecule is Cc1ccc(Sc2nc3sccn3c2CCN)cc1. The van der Waals surface area contributed by atoms with E-state index in [4.69, 9.17) is 10.7 Å². The molecule has 0 saturated heterocycles. The molecule has 0 aliphatic heterocycles. The third kappa shape index (κ3) is 2.54. The van der Waals surface area contributed by atoms with Gasteiger partial charge in [-0.1, -0.05) is 29.5 Å². The summed E-state index contributed by atoms with van der Waals surface area (Å²) in [5, 5.41) is 3.13. The lowest BCUT2D eigenvalue weighted by atomic mass is 10.2. The minimum absolute atomic E-state index is 0.644. The van der Waals surface area contributed by atoms with E-state index in [0.717, 1.165) is 16.4 Å². The highest BCUT2D eigenvalue weighted by molar-refractivity contribution is 7.99. The molecule has 0 atom stereocenters. The van der Waals surface area contributed by atoms with E-state index in [1.165, 1.54) is 16.2 Å². The summed E-state index contributed by atoms with van der Waals surface area (Å²) in [7, 11) is 0. The number of fused-ring (bicyclic) bond motifs is 1. The van der Waals surface area contributed by atoms with Gasteiger partial charge in [-0.25, -0.2) is 4.98 Å². The van der Waals surface area contributed by atoms with Crippen molar-refractivity contribution in [2.45, 2.75) is 23.3 Å². The summed E-state index contributed by atoms with van der Waals surface area (Å²) in [6, 6.07) is 8.53. The number of nitrogens with two attached hydrogens (primary N) is 1. The molecule has 0 saturated carbocycles. The average molecular weight is 289 g/mol. The van der Waals surface area contributed by atoms with Crippen LogP contribution >= 0.6 is 23.1 Å². The summed E-state index contributed by atoms with van der Waals surface area (Å²) in [6.07, 6.45) is 2.92. The Labute approximate surface area is 120 Å². The monoisotopic (exact) mass is 289 g/mol. The first-order valence-corrected chi connectivity index (χ1v) is 7.86. The molecule has 3 nitrogen and oxygen atoms in total. The van der Waals surface area contributed by atoms with E-state index in [1.807, 2.05) is 0 Å². The van der Waals surface area contributed by atoms with Crippen molar-refractivity contribution in [1.82, 2.24) is 9.38 Å². The third-order valence-electron chi connectivity index (χ3n) is 2.94. The topological polar surface area (TPSA) is 43.3 Å². The van der Waals surface area contributed by atoms with Gasteiger partial charge in [-0.05, 0) is 25.6 Å². The molecule has 0 fully saturated rings. The number of hydrogen-bond donors (Lipinski definition) is 1. The highest BCUT2D eigenvalue weighted by Gasteiger charge is 2.13. The van der Waals surface area contributed by atoms with Crippen LogP contribution in [0.5, 0.6) is 0 Å². The van der Waals surface area contributed by atoms with Gasteiger partial charge in [0.05, 0.1) is 5.69 Å². The second-order valence-corrected chi connectivity index (χ2v) is 6.31. The van der Waals surface area contributed by atoms with E-state index in [0.29, 0.717) is 6.54 Å². The number of nitrogens with zero attached hydrogens (tertiary/aromatic N) is 2. The highest BCUT2D eigenvalue weighted by atomic mass is 32.2. The van der Waals surface area contributed by atoms with Gasteiger partial charge in [0.15, 0.2) is 4.96 Å².